The highest BCUT2D eigenvalue weighted by Gasteiger charge is 2.21. The molecular weight excluding hydrogens is 244 g/mol. The Hall–Kier alpha value is -1.78. The van der Waals surface area contributed by atoms with E-state index >= 15 is 0 Å². The van der Waals surface area contributed by atoms with Crippen molar-refractivity contribution < 1.29 is 14.7 Å². The van der Waals surface area contributed by atoms with E-state index in [0.717, 1.165) is 25.7 Å². The molecule has 0 radical (unpaired) electrons. The number of amides is 1. The van der Waals surface area contributed by atoms with E-state index in [1.165, 1.54) is 6.20 Å². The van der Waals surface area contributed by atoms with E-state index in [4.69, 9.17) is 5.11 Å². The van der Waals surface area contributed by atoms with Gasteiger partial charge in [0.1, 0.15) is 5.56 Å². The fraction of sp³-hybridized carbons (Fsp3) is 0.571. The topological polar surface area (TPSA) is 82.2 Å². The molecule has 5 nitrogen and oxygen atoms in total. The van der Waals surface area contributed by atoms with E-state index < -0.39 is 5.97 Å². The summed E-state index contributed by atoms with van der Waals surface area (Å²) in [7, 11) is 0. The molecule has 5 heteroatoms. The molecule has 0 saturated carbocycles. The van der Waals surface area contributed by atoms with Crippen molar-refractivity contribution >= 4 is 17.6 Å². The lowest BCUT2D eigenvalue weighted by Gasteiger charge is -2.15. The Balaban J connectivity index is 2.83. The van der Waals surface area contributed by atoms with Crippen LogP contribution in [0.15, 0.2) is 6.20 Å². The van der Waals surface area contributed by atoms with Crippen molar-refractivity contribution in [2.45, 2.75) is 46.5 Å². The summed E-state index contributed by atoms with van der Waals surface area (Å²) in [6, 6.07) is 0. The first-order chi connectivity index (χ1) is 9.01. The highest BCUT2D eigenvalue weighted by atomic mass is 16.4. The monoisotopic (exact) mass is 266 g/mol. The molecular formula is C14H22N2O3. The van der Waals surface area contributed by atoms with Gasteiger partial charge in [0.2, 0.25) is 5.91 Å². The molecule has 0 fully saturated rings. The van der Waals surface area contributed by atoms with Gasteiger partial charge in [0.25, 0.3) is 0 Å². The van der Waals surface area contributed by atoms with Gasteiger partial charge >= 0.3 is 5.97 Å². The minimum absolute atomic E-state index is 0.0492. The quantitative estimate of drug-likeness (QED) is 0.709. The maximum absolute atomic E-state index is 12.2. The number of aromatic nitrogens is 1. The maximum Gasteiger partial charge on any atom is 0.339 e. The van der Waals surface area contributed by atoms with E-state index in [1.807, 2.05) is 13.8 Å². The number of nitrogens with one attached hydrogen (secondary N) is 2. The minimum Gasteiger partial charge on any atom is -0.478 e. The number of aromatic amines is 1. The zero-order valence-corrected chi connectivity index (χ0v) is 11.7. The molecule has 1 aromatic heterocycles. The van der Waals surface area contributed by atoms with E-state index in [-0.39, 0.29) is 17.4 Å². The molecule has 0 aliphatic carbocycles. The highest BCUT2D eigenvalue weighted by molar-refractivity contribution is 6.02. The second kappa shape index (κ2) is 6.97. The first-order valence-corrected chi connectivity index (χ1v) is 6.73. The third-order valence-electron chi connectivity index (χ3n) is 3.19. The molecule has 106 valence electrons. The molecule has 1 heterocycles. The number of carbonyl (C=O) groups is 2. The van der Waals surface area contributed by atoms with E-state index in [2.05, 4.69) is 10.3 Å². The molecule has 0 unspecified atom stereocenters. The summed E-state index contributed by atoms with van der Waals surface area (Å²) >= 11 is 0. The SMILES string of the molecule is CCCC(CCC)C(=O)Nc1c[nH]c(C)c1C(=O)O. The number of H-pyrrole nitrogens is 1. The Morgan fingerprint density at radius 2 is 1.89 bits per heavy atom. The number of carboxylic acid groups (broad SMARTS) is 1. The molecule has 19 heavy (non-hydrogen) atoms. The first kappa shape index (κ1) is 15.3. The van der Waals surface area contributed by atoms with Gasteiger partial charge < -0.3 is 15.4 Å². The molecule has 0 bridgehead atoms. The summed E-state index contributed by atoms with van der Waals surface area (Å²) in [5, 5.41) is 11.9. The third kappa shape index (κ3) is 3.84. The molecule has 0 aliphatic rings. The Morgan fingerprint density at radius 1 is 1.32 bits per heavy atom. The first-order valence-electron chi connectivity index (χ1n) is 6.73. The van der Waals surface area contributed by atoms with Gasteiger partial charge in [-0.15, -0.1) is 0 Å². The number of rotatable bonds is 7. The normalized spacial score (nSPS) is 10.7. The molecule has 0 aliphatic heterocycles. The van der Waals surface area contributed by atoms with Crippen LogP contribution in [0.3, 0.4) is 0 Å². The van der Waals surface area contributed by atoms with Crippen molar-refractivity contribution in [1.29, 1.82) is 0 Å². The maximum atomic E-state index is 12.2. The molecule has 0 saturated heterocycles. The molecule has 1 amide bonds. The van der Waals surface area contributed by atoms with Gasteiger partial charge in [-0.25, -0.2) is 4.79 Å². The zero-order chi connectivity index (χ0) is 14.4. The van der Waals surface area contributed by atoms with Crippen LogP contribution in [0.5, 0.6) is 0 Å². The second-order valence-electron chi connectivity index (χ2n) is 4.77. The number of carbonyl (C=O) groups excluding carboxylic acids is 1. The Morgan fingerprint density at radius 3 is 2.37 bits per heavy atom. The van der Waals surface area contributed by atoms with Crippen LogP contribution in [-0.2, 0) is 4.79 Å². The lowest BCUT2D eigenvalue weighted by Crippen LogP contribution is -2.23. The van der Waals surface area contributed by atoms with Gasteiger partial charge in [0.15, 0.2) is 0 Å². The fourth-order valence-electron chi connectivity index (χ4n) is 2.24. The van der Waals surface area contributed by atoms with Crippen LogP contribution in [0.25, 0.3) is 0 Å². The van der Waals surface area contributed by atoms with Crippen LogP contribution in [0.2, 0.25) is 0 Å². The van der Waals surface area contributed by atoms with Crippen molar-refractivity contribution in [2.24, 2.45) is 5.92 Å². The molecule has 0 aromatic carbocycles. The fourth-order valence-corrected chi connectivity index (χ4v) is 2.24. The largest absolute Gasteiger partial charge is 0.478 e. The summed E-state index contributed by atoms with van der Waals surface area (Å²) in [6.45, 7) is 5.76. The van der Waals surface area contributed by atoms with E-state index in [9.17, 15) is 9.59 Å². The van der Waals surface area contributed by atoms with Crippen LogP contribution < -0.4 is 5.32 Å². The Kier molecular flexibility index (Phi) is 5.60. The second-order valence-corrected chi connectivity index (χ2v) is 4.77. The lowest BCUT2D eigenvalue weighted by atomic mass is 9.97. The molecule has 0 atom stereocenters. The summed E-state index contributed by atoms with van der Waals surface area (Å²) in [4.78, 5) is 26.1. The Bertz CT molecular complexity index is 446. The van der Waals surface area contributed by atoms with Crippen molar-refractivity contribution in [3.63, 3.8) is 0 Å². The Labute approximate surface area is 113 Å². The molecule has 1 aromatic rings. The number of anilines is 1. The van der Waals surface area contributed by atoms with Crippen molar-refractivity contribution in [3.8, 4) is 0 Å². The molecule has 3 N–H and O–H groups in total. The van der Waals surface area contributed by atoms with Gasteiger partial charge in [0.05, 0.1) is 5.69 Å². The molecule has 1 rings (SSSR count). The number of hydrogen-bond acceptors (Lipinski definition) is 2. The van der Waals surface area contributed by atoms with E-state index in [0.29, 0.717) is 11.4 Å². The van der Waals surface area contributed by atoms with Crippen LogP contribution in [-0.4, -0.2) is 22.0 Å². The van der Waals surface area contributed by atoms with Gasteiger partial charge in [-0.05, 0) is 19.8 Å². The highest BCUT2D eigenvalue weighted by Crippen LogP contribution is 2.22. The van der Waals surface area contributed by atoms with Crippen LogP contribution in [0.4, 0.5) is 5.69 Å². The predicted octanol–water partition coefficient (Wildman–Crippen LogP) is 3.18. The zero-order valence-electron chi connectivity index (χ0n) is 11.7. The number of aromatic carboxylic acids is 1. The smallest absolute Gasteiger partial charge is 0.339 e. The van der Waals surface area contributed by atoms with Crippen LogP contribution in [0.1, 0.15) is 55.6 Å². The van der Waals surface area contributed by atoms with Crippen molar-refractivity contribution in [2.75, 3.05) is 5.32 Å². The summed E-state index contributed by atoms with van der Waals surface area (Å²) in [5.74, 6) is -1.17. The average Bonchev–Trinajstić information content (AvgIpc) is 2.70. The molecule has 0 spiro atoms. The van der Waals surface area contributed by atoms with Crippen molar-refractivity contribution in [1.82, 2.24) is 4.98 Å². The van der Waals surface area contributed by atoms with Gasteiger partial charge in [0, 0.05) is 17.8 Å². The minimum atomic E-state index is -1.03. The number of hydrogen-bond donors (Lipinski definition) is 3. The van der Waals surface area contributed by atoms with Crippen LogP contribution in [0, 0.1) is 12.8 Å². The van der Waals surface area contributed by atoms with Gasteiger partial charge in [-0.2, -0.15) is 0 Å². The summed E-state index contributed by atoms with van der Waals surface area (Å²) in [5.41, 5.74) is 1.04. The predicted molar refractivity (Wildman–Crippen MR) is 74.4 cm³/mol. The third-order valence-corrected chi connectivity index (χ3v) is 3.19. The van der Waals surface area contributed by atoms with Gasteiger partial charge in [-0.1, -0.05) is 26.7 Å². The van der Waals surface area contributed by atoms with Crippen LogP contribution >= 0.6 is 0 Å². The average molecular weight is 266 g/mol. The van der Waals surface area contributed by atoms with Gasteiger partial charge in [-0.3, -0.25) is 4.79 Å². The van der Waals surface area contributed by atoms with E-state index in [1.54, 1.807) is 6.92 Å². The lowest BCUT2D eigenvalue weighted by molar-refractivity contribution is -0.120. The number of carboxylic acids is 1. The number of aryl methyl sites for hydroxylation is 1. The summed E-state index contributed by atoms with van der Waals surface area (Å²) < 4.78 is 0. The van der Waals surface area contributed by atoms with Crippen molar-refractivity contribution in [3.05, 3.63) is 17.5 Å². The summed E-state index contributed by atoms with van der Waals surface area (Å²) in [6.07, 6.45) is 5.06. The standard InChI is InChI=1S/C14H22N2O3/c1-4-6-10(7-5-2)13(17)16-11-8-15-9(3)12(11)14(18)19/h8,10,15H,4-7H2,1-3H3,(H,16,17)(H,18,19).